The van der Waals surface area contributed by atoms with Gasteiger partial charge in [-0.1, -0.05) is 6.07 Å². The molecule has 0 bridgehead atoms. The summed E-state index contributed by atoms with van der Waals surface area (Å²) in [5.41, 5.74) is 0.852. The van der Waals surface area contributed by atoms with Crippen molar-refractivity contribution in [2.45, 2.75) is 19.4 Å². The first-order valence-electron chi connectivity index (χ1n) is 8.47. The van der Waals surface area contributed by atoms with Crippen molar-refractivity contribution in [1.29, 1.82) is 0 Å². The predicted octanol–water partition coefficient (Wildman–Crippen LogP) is 3.64. The van der Waals surface area contributed by atoms with Crippen LogP contribution in [0.3, 0.4) is 0 Å². The van der Waals surface area contributed by atoms with E-state index in [0.717, 1.165) is 0 Å². The number of nitro groups is 1. The van der Waals surface area contributed by atoms with Crippen molar-refractivity contribution in [1.82, 2.24) is 10.2 Å². The molecule has 0 amide bonds. The highest BCUT2D eigenvalue weighted by molar-refractivity contribution is 5.72. The number of hydrogen-bond donors (Lipinski definition) is 0. The zero-order valence-electron chi connectivity index (χ0n) is 15.5. The van der Waals surface area contributed by atoms with Gasteiger partial charge in [0, 0.05) is 17.7 Å². The molecule has 1 aromatic heterocycles. The highest BCUT2D eigenvalue weighted by Crippen LogP contribution is 2.25. The Morgan fingerprint density at radius 1 is 1.24 bits per heavy atom. The summed E-state index contributed by atoms with van der Waals surface area (Å²) < 4.78 is 29.3. The second-order valence-corrected chi connectivity index (χ2v) is 6.03. The molecule has 1 heterocycles. The molecule has 0 aliphatic carbocycles. The molecule has 0 aliphatic rings. The van der Waals surface area contributed by atoms with Crippen molar-refractivity contribution in [2.24, 2.45) is 0 Å². The summed E-state index contributed by atoms with van der Waals surface area (Å²) in [6.07, 6.45) is -0.973. The fourth-order valence-electron chi connectivity index (χ4n) is 2.52. The van der Waals surface area contributed by atoms with Crippen LogP contribution in [0.4, 0.5) is 10.1 Å². The van der Waals surface area contributed by atoms with Gasteiger partial charge < -0.3 is 13.9 Å². The molecule has 0 saturated carbocycles. The Hall–Kier alpha value is -3.82. The molecule has 2 aromatic carbocycles. The molecule has 10 heteroatoms. The van der Waals surface area contributed by atoms with Gasteiger partial charge in [-0.05, 0) is 36.8 Å². The lowest BCUT2D eigenvalue weighted by Crippen LogP contribution is -2.12. The van der Waals surface area contributed by atoms with Crippen molar-refractivity contribution in [2.75, 3.05) is 7.11 Å². The van der Waals surface area contributed by atoms with Crippen molar-refractivity contribution in [3.8, 4) is 17.2 Å². The van der Waals surface area contributed by atoms with Gasteiger partial charge in [0.1, 0.15) is 0 Å². The number of rotatable bonds is 7. The first-order valence-corrected chi connectivity index (χ1v) is 8.47. The Morgan fingerprint density at radius 3 is 2.59 bits per heavy atom. The number of non-ortho nitro benzene ring substituents is 1. The number of hydrogen-bond acceptors (Lipinski definition) is 8. The minimum absolute atomic E-state index is 0.0626. The highest BCUT2D eigenvalue weighted by Gasteiger charge is 2.20. The smallest absolute Gasteiger partial charge is 0.311 e. The number of aromatic nitrogens is 2. The number of esters is 1. The van der Waals surface area contributed by atoms with Crippen molar-refractivity contribution < 1.29 is 28.0 Å². The molecule has 9 nitrogen and oxygen atoms in total. The molecule has 150 valence electrons. The highest BCUT2D eigenvalue weighted by atomic mass is 19.1. The zero-order valence-corrected chi connectivity index (χ0v) is 15.5. The van der Waals surface area contributed by atoms with E-state index in [9.17, 15) is 19.3 Å². The van der Waals surface area contributed by atoms with E-state index in [0.29, 0.717) is 11.1 Å². The maximum absolute atomic E-state index is 13.7. The minimum Gasteiger partial charge on any atom is -0.494 e. The van der Waals surface area contributed by atoms with E-state index < -0.39 is 22.8 Å². The van der Waals surface area contributed by atoms with Crippen LogP contribution < -0.4 is 4.74 Å². The summed E-state index contributed by atoms with van der Waals surface area (Å²) in [6.45, 7) is 1.56. The molecule has 0 unspecified atom stereocenters. The van der Waals surface area contributed by atoms with E-state index in [1.807, 2.05) is 0 Å². The van der Waals surface area contributed by atoms with Gasteiger partial charge in [0.15, 0.2) is 17.7 Å². The summed E-state index contributed by atoms with van der Waals surface area (Å²) in [5.74, 6) is -0.893. The molecule has 0 radical (unpaired) electrons. The number of nitrogens with zero attached hydrogens (tertiary/aromatic N) is 3. The quantitative estimate of drug-likeness (QED) is 0.334. The van der Waals surface area contributed by atoms with E-state index in [-0.39, 0.29) is 29.6 Å². The number of ether oxygens (including phenoxy) is 2. The largest absolute Gasteiger partial charge is 0.494 e. The molecular weight excluding hydrogens is 385 g/mol. The molecule has 0 N–H and O–H groups in total. The second-order valence-electron chi connectivity index (χ2n) is 6.03. The van der Waals surface area contributed by atoms with Crippen LogP contribution in [-0.4, -0.2) is 28.2 Å². The third-order valence-electron chi connectivity index (χ3n) is 3.99. The molecule has 29 heavy (non-hydrogen) atoms. The second kappa shape index (κ2) is 8.46. The average Bonchev–Trinajstić information content (AvgIpc) is 3.18. The van der Waals surface area contributed by atoms with E-state index in [4.69, 9.17) is 13.9 Å². The standard InChI is InChI=1S/C19H16FN3O6/c1-11(28-17(24)10-12-3-8-16(27-2)15(20)9-12)18-21-22-19(29-18)13-4-6-14(7-5-13)23(25)26/h3-9,11H,10H2,1-2H3/t11-/m1/s1. The molecule has 0 spiro atoms. The maximum Gasteiger partial charge on any atom is 0.311 e. The van der Waals surface area contributed by atoms with Gasteiger partial charge in [-0.3, -0.25) is 14.9 Å². The van der Waals surface area contributed by atoms with Crippen molar-refractivity contribution >= 4 is 11.7 Å². The molecule has 0 fully saturated rings. The number of nitro benzene ring substituents is 1. The Kier molecular flexibility index (Phi) is 5.82. The maximum atomic E-state index is 13.7. The van der Waals surface area contributed by atoms with E-state index in [2.05, 4.69) is 10.2 Å². The molecular formula is C19H16FN3O6. The van der Waals surface area contributed by atoms with E-state index in [1.54, 1.807) is 13.0 Å². The Labute approximate surface area is 164 Å². The van der Waals surface area contributed by atoms with Gasteiger partial charge >= 0.3 is 5.97 Å². The number of benzene rings is 2. The van der Waals surface area contributed by atoms with Crippen LogP contribution in [0.25, 0.3) is 11.5 Å². The third-order valence-corrected chi connectivity index (χ3v) is 3.99. The van der Waals surface area contributed by atoms with Gasteiger partial charge in [-0.15, -0.1) is 10.2 Å². The first kappa shape index (κ1) is 19.9. The van der Waals surface area contributed by atoms with E-state index >= 15 is 0 Å². The minimum atomic E-state index is -0.829. The summed E-state index contributed by atoms with van der Waals surface area (Å²) >= 11 is 0. The summed E-state index contributed by atoms with van der Waals surface area (Å²) in [5, 5.41) is 18.4. The molecule has 0 aliphatic heterocycles. The predicted molar refractivity (Wildman–Crippen MR) is 97.6 cm³/mol. The lowest BCUT2D eigenvalue weighted by Gasteiger charge is -2.10. The zero-order chi connectivity index (χ0) is 21.0. The van der Waals surface area contributed by atoms with E-state index in [1.165, 1.54) is 43.5 Å². The van der Waals surface area contributed by atoms with Crippen LogP contribution in [0.5, 0.6) is 5.75 Å². The molecule has 0 saturated heterocycles. The van der Waals surface area contributed by atoms with Crippen LogP contribution in [0.15, 0.2) is 46.9 Å². The topological polar surface area (TPSA) is 118 Å². The average molecular weight is 401 g/mol. The SMILES string of the molecule is COc1ccc(CC(=O)O[C@H](C)c2nnc(-c3ccc([N+](=O)[O-])cc3)o2)cc1F. The van der Waals surface area contributed by atoms with Crippen molar-refractivity contribution in [3.63, 3.8) is 0 Å². The van der Waals surface area contributed by atoms with Crippen LogP contribution in [-0.2, 0) is 16.0 Å². The lowest BCUT2D eigenvalue weighted by atomic mass is 10.1. The van der Waals surface area contributed by atoms with Crippen LogP contribution in [0.1, 0.15) is 24.5 Å². The van der Waals surface area contributed by atoms with Crippen LogP contribution in [0.2, 0.25) is 0 Å². The fraction of sp³-hybridized carbons (Fsp3) is 0.211. The fourth-order valence-corrected chi connectivity index (χ4v) is 2.52. The Balaban J connectivity index is 1.63. The summed E-state index contributed by atoms with van der Waals surface area (Å²) in [4.78, 5) is 22.3. The third kappa shape index (κ3) is 4.72. The van der Waals surface area contributed by atoms with Gasteiger partial charge in [-0.25, -0.2) is 4.39 Å². The van der Waals surface area contributed by atoms with Crippen LogP contribution in [0, 0.1) is 15.9 Å². The number of halogens is 1. The van der Waals surface area contributed by atoms with Crippen LogP contribution >= 0.6 is 0 Å². The normalized spacial score (nSPS) is 11.7. The summed E-state index contributed by atoms with van der Waals surface area (Å²) in [7, 11) is 1.35. The number of methoxy groups -OCH3 is 1. The molecule has 1 atom stereocenters. The Morgan fingerprint density at radius 2 is 1.97 bits per heavy atom. The van der Waals surface area contributed by atoms with Gasteiger partial charge in [-0.2, -0.15) is 0 Å². The molecule has 3 aromatic rings. The molecule has 3 rings (SSSR count). The van der Waals surface area contributed by atoms with Gasteiger partial charge in [0.05, 0.1) is 18.5 Å². The van der Waals surface area contributed by atoms with Crippen molar-refractivity contribution in [3.05, 3.63) is 69.9 Å². The Bertz CT molecular complexity index is 1030. The monoisotopic (exact) mass is 401 g/mol. The lowest BCUT2D eigenvalue weighted by molar-refractivity contribution is -0.384. The van der Waals surface area contributed by atoms with Gasteiger partial charge in [0.25, 0.3) is 11.6 Å². The summed E-state index contributed by atoms with van der Waals surface area (Å²) in [6, 6.07) is 9.77. The number of carbonyl (C=O) groups is 1. The number of carbonyl (C=O) groups excluding carboxylic acids is 1. The van der Waals surface area contributed by atoms with Gasteiger partial charge in [0.2, 0.25) is 5.89 Å². The first-order chi connectivity index (χ1) is 13.9.